The first-order valence-electron chi connectivity index (χ1n) is 48.1. The summed E-state index contributed by atoms with van der Waals surface area (Å²) in [6, 6.07) is 40.1. The molecule has 8 N–H and O–H groups in total. The quantitative estimate of drug-likeness (QED) is 0.0179. The molecule has 1 aliphatic heterocycles. The topological polar surface area (TPSA) is 329 Å². The standard InChI is InChI=1S/C26H36N6O.C26H35N5O3.C25H33N5O2.C24H33N5O.3CH4/c33-26(30-22-10-8-20(9-11-22)17-31-14-12-27-13-15-31)24-16-25(29-19-28-24)32(18-21-6-7-21)23-4-2-1-3-5-23;1-2-22(26(33)34)27-15-18-10-12-20(13-11-18)30-25(32)23-14-24(29-17-28-23)31(16-19-8-9-19)21-6-4-3-5-7-21;1-18(31)14-26-15-19-9-11-21(12-10-19)29-25(32)23-13-24(28-17-27-23)30(16-20-7-8-20)22-5-3-2-4-6-22;1-28(2)15-18-10-12-20(13-11-18)27-24(30)22-14-23(26-17-25-22)29(16-19-8-9-19)21-6-4-3-5-7-21;;;/h8-11,16,19,21,23,27H,1-7,12-15,17-18H2,(H,30,33);10-14,17,19,21-22,27H,2-9,15-16H2,1H3,(H,30,32)(H,33,34);9-13,17,20,22,26H,2-8,14-16H2,1H3,(H,29,32);10-14,17,19,21H,3-9,15-16H2,1-2H3,(H,27,30);3*1H4. The van der Waals surface area contributed by atoms with E-state index >= 15 is 0 Å². The number of piperazine rings is 1. The van der Waals surface area contributed by atoms with Crippen molar-refractivity contribution < 1.29 is 33.9 Å². The van der Waals surface area contributed by atoms with E-state index in [0.29, 0.717) is 84.4 Å². The molecule has 9 aliphatic rings. The molecule has 0 radical (unpaired) electrons. The van der Waals surface area contributed by atoms with Crippen molar-refractivity contribution in [3.63, 3.8) is 0 Å². The highest BCUT2D eigenvalue weighted by Gasteiger charge is 2.36. The number of carbonyl (C=O) groups excluding carboxylic acids is 5. The summed E-state index contributed by atoms with van der Waals surface area (Å²) >= 11 is 0. The van der Waals surface area contributed by atoms with E-state index in [1.807, 2.05) is 130 Å². The van der Waals surface area contributed by atoms with Crippen molar-refractivity contribution in [2.24, 2.45) is 23.7 Å². The maximum absolute atomic E-state index is 13.0. The molecule has 0 spiro atoms. The molecule has 5 heterocycles. The highest BCUT2D eigenvalue weighted by molar-refractivity contribution is 6.05. The van der Waals surface area contributed by atoms with Crippen LogP contribution < -0.4 is 56.8 Å². The van der Waals surface area contributed by atoms with Gasteiger partial charge in [-0.2, -0.15) is 0 Å². The Morgan fingerprint density at radius 3 is 0.955 bits per heavy atom. The fraction of sp³-hybridized carbons (Fsp3) is 0.558. The van der Waals surface area contributed by atoms with Crippen molar-refractivity contribution in [3.05, 3.63) is 192 Å². The second-order valence-electron chi connectivity index (χ2n) is 37.4. The van der Waals surface area contributed by atoms with Crippen LogP contribution in [0.15, 0.2) is 147 Å². The van der Waals surface area contributed by atoms with Crippen LogP contribution in [0.1, 0.15) is 287 Å². The number of rotatable bonds is 37. The number of hydrogen-bond donors (Lipinski definition) is 8. The third kappa shape index (κ3) is 32.6. The molecule has 28 nitrogen and oxygen atoms in total. The van der Waals surface area contributed by atoms with Gasteiger partial charge in [0.25, 0.3) is 23.6 Å². The zero-order chi connectivity index (χ0) is 89.6. The van der Waals surface area contributed by atoms with Crippen molar-refractivity contribution in [1.29, 1.82) is 0 Å². The number of aliphatic carboxylic acids is 1. The van der Waals surface area contributed by atoms with Crippen LogP contribution in [0.3, 0.4) is 0 Å². The fourth-order valence-corrected chi connectivity index (χ4v) is 18.2. The monoisotopic (exact) mass is 1800 g/mol. The van der Waals surface area contributed by atoms with Crippen LogP contribution in [0, 0.1) is 23.7 Å². The first-order valence-corrected chi connectivity index (χ1v) is 48.1. The number of aromatic nitrogens is 8. The molecular weight excluding hydrogens is 1660 g/mol. The number of ketones is 1. The molecule has 1 atom stereocenters. The molecule has 0 bridgehead atoms. The molecule has 28 heteroatoms. The van der Waals surface area contributed by atoms with E-state index in [2.05, 4.69) is 119 Å². The minimum atomic E-state index is -0.852. The Balaban J connectivity index is 0.000000169. The van der Waals surface area contributed by atoms with Crippen LogP contribution >= 0.6 is 0 Å². The van der Waals surface area contributed by atoms with E-state index in [9.17, 15) is 28.8 Å². The molecule has 8 aliphatic carbocycles. The Morgan fingerprint density at radius 1 is 0.394 bits per heavy atom. The summed E-state index contributed by atoms with van der Waals surface area (Å²) in [7, 11) is 4.09. The Morgan fingerprint density at radius 2 is 0.682 bits per heavy atom. The molecule has 712 valence electrons. The van der Waals surface area contributed by atoms with Gasteiger partial charge in [0.2, 0.25) is 0 Å². The summed E-state index contributed by atoms with van der Waals surface area (Å²) in [5.41, 5.74) is 9.05. The van der Waals surface area contributed by atoms with Gasteiger partial charge in [0.1, 0.15) is 83.2 Å². The molecule has 1 saturated heterocycles. The van der Waals surface area contributed by atoms with E-state index in [1.54, 1.807) is 13.3 Å². The van der Waals surface area contributed by atoms with E-state index in [1.165, 1.54) is 210 Å². The van der Waals surface area contributed by atoms with E-state index in [0.717, 1.165) is 135 Å². The summed E-state index contributed by atoms with van der Waals surface area (Å²) in [4.78, 5) is 123. The SMILES string of the molecule is C.C.C.CC(=O)CNCc1ccc(NC(=O)c2cc(N(CC3CC3)C3CCCCC3)ncn2)cc1.CCC(NCc1ccc(NC(=O)c2cc(N(CC3CC3)C3CCCCC3)ncn2)cc1)C(=O)O.CN(C)Cc1ccc(NC(=O)c2cc(N(CC3CC3)C3CCCCC3)ncn2)cc1.O=C(Nc1ccc(CN2CCNCC2)cc1)c1cc(N(CC2CC2)C2CCCCC2)ncn1. The molecule has 132 heavy (non-hydrogen) atoms. The number of nitrogens with zero attached hydrogens (tertiary/aromatic N) is 14. The largest absolute Gasteiger partial charge is 0.480 e. The summed E-state index contributed by atoms with van der Waals surface area (Å²) in [5.74, 6) is 4.98. The van der Waals surface area contributed by atoms with Crippen molar-refractivity contribution in [2.45, 2.75) is 279 Å². The maximum atomic E-state index is 13.0. The van der Waals surface area contributed by atoms with Gasteiger partial charge in [-0.05, 0) is 225 Å². The number of nitrogens with one attached hydrogen (secondary N) is 7. The molecule has 4 aromatic carbocycles. The van der Waals surface area contributed by atoms with Crippen molar-refractivity contribution in [3.8, 4) is 0 Å². The molecular formula is C104H149N21O7. The average molecular weight is 1810 g/mol. The lowest BCUT2D eigenvalue weighted by Crippen LogP contribution is -2.42. The molecule has 9 fully saturated rings. The van der Waals surface area contributed by atoms with Gasteiger partial charge >= 0.3 is 5.97 Å². The molecule has 4 aromatic heterocycles. The third-order valence-corrected chi connectivity index (χ3v) is 26.3. The number of carboxylic acid groups (broad SMARTS) is 1. The fourth-order valence-electron chi connectivity index (χ4n) is 18.2. The van der Waals surface area contributed by atoms with Gasteiger partial charge in [-0.15, -0.1) is 0 Å². The van der Waals surface area contributed by atoms with Crippen molar-refractivity contribution >= 4 is 81.4 Å². The van der Waals surface area contributed by atoms with Crippen LogP contribution in [-0.2, 0) is 35.8 Å². The average Bonchev–Trinajstić information content (AvgIpc) is 1.78. The summed E-state index contributed by atoms with van der Waals surface area (Å²) in [6.07, 6.45) is 42.1. The summed E-state index contributed by atoms with van der Waals surface area (Å²) in [6.45, 7) is 15.0. The second-order valence-corrected chi connectivity index (χ2v) is 37.4. The normalized spacial score (nSPS) is 17.3. The Kier molecular flexibility index (Phi) is 40.1. The predicted octanol–water partition coefficient (Wildman–Crippen LogP) is 18.1. The first-order chi connectivity index (χ1) is 62.9. The first kappa shape index (κ1) is 102. The summed E-state index contributed by atoms with van der Waals surface area (Å²) < 4.78 is 0. The van der Waals surface area contributed by atoms with Crippen molar-refractivity contribution in [1.82, 2.24) is 65.6 Å². The minimum absolute atomic E-state index is 0. The van der Waals surface area contributed by atoms with Gasteiger partial charge < -0.3 is 66.8 Å². The molecule has 17 rings (SSSR count). The Bertz CT molecular complexity index is 4870. The Labute approximate surface area is 784 Å². The number of benzene rings is 4. The van der Waals surface area contributed by atoms with Crippen molar-refractivity contribution in [2.75, 3.05) is 114 Å². The van der Waals surface area contributed by atoms with E-state index < -0.39 is 12.0 Å². The third-order valence-electron chi connectivity index (χ3n) is 26.3. The van der Waals surface area contributed by atoms with Gasteiger partial charge in [-0.3, -0.25) is 33.7 Å². The van der Waals surface area contributed by atoms with E-state index in [4.69, 9.17) is 5.11 Å². The van der Waals surface area contributed by atoms with Crippen LogP contribution in [0.4, 0.5) is 46.0 Å². The smallest absolute Gasteiger partial charge is 0.320 e. The number of carbonyl (C=O) groups is 6. The van der Waals surface area contributed by atoms with Crippen LogP contribution in [0.2, 0.25) is 0 Å². The molecule has 4 amide bonds. The van der Waals surface area contributed by atoms with Gasteiger partial charge in [-0.1, -0.05) is 155 Å². The Hall–Kier alpha value is -10.8. The van der Waals surface area contributed by atoms with Crippen LogP contribution in [0.5, 0.6) is 0 Å². The highest BCUT2D eigenvalue weighted by atomic mass is 16.4. The van der Waals surface area contributed by atoms with E-state index in [-0.39, 0.29) is 51.7 Å². The van der Waals surface area contributed by atoms with Gasteiger partial charge in [0, 0.05) is 150 Å². The molecule has 8 saturated carbocycles. The highest BCUT2D eigenvalue weighted by Crippen LogP contribution is 2.40. The lowest BCUT2D eigenvalue weighted by Gasteiger charge is -2.35. The molecule has 1 unspecified atom stereocenters. The maximum Gasteiger partial charge on any atom is 0.320 e. The number of anilines is 8. The van der Waals surface area contributed by atoms with Crippen LogP contribution in [-0.4, -0.2) is 193 Å². The van der Waals surface area contributed by atoms with Gasteiger partial charge in [-0.25, -0.2) is 39.9 Å². The zero-order valence-corrected chi connectivity index (χ0v) is 76.4. The number of Topliss-reactive ketones (excluding diaryl/α,β-unsaturated/α-hetero) is 1. The number of amides is 4. The zero-order valence-electron chi connectivity index (χ0n) is 76.4. The van der Waals surface area contributed by atoms with Gasteiger partial charge in [0.05, 0.1) is 6.54 Å². The molecule has 8 aromatic rings. The number of carboxylic acids is 1. The number of hydrogen-bond acceptors (Lipinski definition) is 23. The summed E-state index contributed by atoms with van der Waals surface area (Å²) in [5, 5.41) is 30.5. The van der Waals surface area contributed by atoms with Gasteiger partial charge in [0.15, 0.2) is 0 Å². The van der Waals surface area contributed by atoms with Crippen LogP contribution in [0.25, 0.3) is 0 Å². The second kappa shape index (κ2) is 52.0. The lowest BCUT2D eigenvalue weighted by molar-refractivity contribution is -0.139. The lowest BCUT2D eigenvalue weighted by atomic mass is 9.94. The predicted molar refractivity (Wildman–Crippen MR) is 530 cm³/mol. The minimum Gasteiger partial charge on any atom is -0.480 e.